The third-order valence-electron chi connectivity index (χ3n) is 3.56. The lowest BCUT2D eigenvalue weighted by Crippen LogP contribution is -2.69. The third kappa shape index (κ3) is 2.62. The molecule has 124 valence electrons. The summed E-state index contributed by atoms with van der Waals surface area (Å²) in [4.78, 5) is 35.8. The number of rotatable bonds is 2. The molecule has 0 saturated carbocycles. The van der Waals surface area contributed by atoms with Crippen LogP contribution in [0.2, 0.25) is 0 Å². The lowest BCUT2D eigenvalue weighted by Gasteiger charge is -2.29. The van der Waals surface area contributed by atoms with E-state index in [0.29, 0.717) is 10.5 Å². The van der Waals surface area contributed by atoms with Crippen LogP contribution in [0.3, 0.4) is 0 Å². The summed E-state index contributed by atoms with van der Waals surface area (Å²) in [6, 6.07) is 3.11. The summed E-state index contributed by atoms with van der Waals surface area (Å²) in [6.45, 7) is 4.30. The first-order valence-corrected chi connectivity index (χ1v) is 6.59. The number of urea groups is 1. The van der Waals surface area contributed by atoms with E-state index in [1.165, 1.54) is 17.4 Å². The zero-order valence-corrected chi connectivity index (χ0v) is 12.5. The average Bonchev–Trinajstić information content (AvgIpc) is 2.64. The Morgan fingerprint density at radius 2 is 1.83 bits per heavy atom. The number of carbonyl (C=O) groups is 3. The molecule has 0 aromatic heterocycles. The van der Waals surface area contributed by atoms with Gasteiger partial charge in [0, 0.05) is 6.92 Å². The van der Waals surface area contributed by atoms with Crippen molar-refractivity contribution in [2.45, 2.75) is 32.6 Å². The predicted molar refractivity (Wildman–Crippen MR) is 74.5 cm³/mol. The highest BCUT2D eigenvalue weighted by Crippen LogP contribution is 2.36. The molecule has 1 fully saturated rings. The molecule has 1 aliphatic heterocycles. The van der Waals surface area contributed by atoms with E-state index in [-0.39, 0.29) is 5.69 Å². The Balaban J connectivity index is 2.53. The fourth-order valence-corrected chi connectivity index (χ4v) is 2.24. The second-order valence-electron chi connectivity index (χ2n) is 5.27. The molecule has 23 heavy (non-hydrogen) atoms. The van der Waals surface area contributed by atoms with Crippen LogP contribution in [-0.4, -0.2) is 29.7 Å². The number of benzene rings is 1. The minimum absolute atomic E-state index is 0.00734. The van der Waals surface area contributed by atoms with Crippen LogP contribution in [0.25, 0.3) is 0 Å². The van der Waals surface area contributed by atoms with Gasteiger partial charge in [0.15, 0.2) is 0 Å². The maximum atomic E-state index is 13.4. The molecular formula is C14H14F3N3O3. The van der Waals surface area contributed by atoms with Gasteiger partial charge in [0.05, 0.1) is 5.69 Å². The van der Waals surface area contributed by atoms with Gasteiger partial charge in [0.2, 0.25) is 5.91 Å². The second-order valence-corrected chi connectivity index (χ2v) is 5.27. The van der Waals surface area contributed by atoms with E-state index in [0.717, 1.165) is 12.5 Å². The molecule has 6 nitrogen and oxygen atoms in total. The number of halogens is 3. The standard InChI is InChI=1S/C14H14F3N3O3/c1-7-4-5-10(6-8(7)2)20-11(22)13(14(15,16)17,18-9(3)21)19-12(20)23/h4-6H,1-3H3,(H,18,21)(H,19,23). The van der Waals surface area contributed by atoms with E-state index in [4.69, 9.17) is 0 Å². The van der Waals surface area contributed by atoms with Crippen molar-refractivity contribution in [3.8, 4) is 0 Å². The van der Waals surface area contributed by atoms with Gasteiger partial charge in [-0.15, -0.1) is 0 Å². The van der Waals surface area contributed by atoms with Crippen LogP contribution in [0.5, 0.6) is 0 Å². The van der Waals surface area contributed by atoms with Crippen molar-refractivity contribution < 1.29 is 27.6 Å². The fraction of sp³-hybridized carbons (Fsp3) is 0.357. The van der Waals surface area contributed by atoms with Crippen LogP contribution in [0.15, 0.2) is 18.2 Å². The van der Waals surface area contributed by atoms with Gasteiger partial charge in [0.25, 0.3) is 11.6 Å². The van der Waals surface area contributed by atoms with Crippen molar-refractivity contribution in [1.29, 1.82) is 0 Å². The van der Waals surface area contributed by atoms with Gasteiger partial charge in [-0.25, -0.2) is 9.69 Å². The number of nitrogens with one attached hydrogen (secondary N) is 2. The maximum absolute atomic E-state index is 13.4. The molecule has 2 N–H and O–H groups in total. The van der Waals surface area contributed by atoms with Gasteiger partial charge >= 0.3 is 12.2 Å². The Hall–Kier alpha value is -2.58. The second kappa shape index (κ2) is 5.25. The lowest BCUT2D eigenvalue weighted by molar-refractivity contribution is -0.201. The molecule has 0 spiro atoms. The molecule has 0 bridgehead atoms. The first-order valence-electron chi connectivity index (χ1n) is 6.59. The SMILES string of the molecule is CC(=O)NC1(C(F)(F)F)NC(=O)N(c2ccc(C)c(C)c2)C1=O. The normalized spacial score (nSPS) is 21.4. The summed E-state index contributed by atoms with van der Waals surface area (Å²) in [5.41, 5.74) is -1.92. The molecule has 1 atom stereocenters. The van der Waals surface area contributed by atoms with E-state index in [2.05, 4.69) is 0 Å². The van der Waals surface area contributed by atoms with Gasteiger partial charge < -0.3 is 5.32 Å². The summed E-state index contributed by atoms with van der Waals surface area (Å²) >= 11 is 0. The Bertz CT molecular complexity index is 702. The molecular weight excluding hydrogens is 315 g/mol. The molecule has 0 radical (unpaired) electrons. The zero-order valence-electron chi connectivity index (χ0n) is 12.5. The zero-order chi connectivity index (χ0) is 17.6. The van der Waals surface area contributed by atoms with Crippen LogP contribution in [0.1, 0.15) is 18.1 Å². The summed E-state index contributed by atoms with van der Waals surface area (Å²) in [5, 5.41) is 3.07. The van der Waals surface area contributed by atoms with E-state index in [1.54, 1.807) is 25.2 Å². The largest absolute Gasteiger partial charge is 0.440 e. The minimum atomic E-state index is -5.19. The van der Waals surface area contributed by atoms with Crippen LogP contribution in [-0.2, 0) is 9.59 Å². The Morgan fingerprint density at radius 1 is 1.22 bits per heavy atom. The molecule has 2 rings (SSSR count). The summed E-state index contributed by atoms with van der Waals surface area (Å²) in [7, 11) is 0. The van der Waals surface area contributed by atoms with Crippen molar-refractivity contribution in [3.05, 3.63) is 29.3 Å². The lowest BCUT2D eigenvalue weighted by atomic mass is 10.1. The Morgan fingerprint density at radius 3 is 2.30 bits per heavy atom. The summed E-state index contributed by atoms with van der Waals surface area (Å²) in [5.74, 6) is -2.70. The molecule has 1 unspecified atom stereocenters. The molecule has 9 heteroatoms. The topological polar surface area (TPSA) is 78.5 Å². The molecule has 0 aliphatic carbocycles. The van der Waals surface area contributed by atoms with Crippen LogP contribution >= 0.6 is 0 Å². The minimum Gasteiger partial charge on any atom is -0.318 e. The monoisotopic (exact) mass is 329 g/mol. The smallest absolute Gasteiger partial charge is 0.318 e. The Kier molecular flexibility index (Phi) is 3.83. The van der Waals surface area contributed by atoms with Gasteiger partial charge in [-0.3, -0.25) is 14.9 Å². The predicted octanol–water partition coefficient (Wildman–Crippen LogP) is 1.75. The van der Waals surface area contributed by atoms with Crippen LogP contribution in [0, 0.1) is 13.8 Å². The van der Waals surface area contributed by atoms with E-state index < -0.39 is 29.7 Å². The highest BCUT2D eigenvalue weighted by molar-refractivity contribution is 6.24. The highest BCUT2D eigenvalue weighted by atomic mass is 19.4. The summed E-state index contributed by atoms with van der Waals surface area (Å²) < 4.78 is 40.1. The van der Waals surface area contributed by atoms with Gasteiger partial charge in [0.1, 0.15) is 0 Å². The number of amides is 4. The fourth-order valence-electron chi connectivity index (χ4n) is 2.24. The van der Waals surface area contributed by atoms with Crippen molar-refractivity contribution in [2.75, 3.05) is 4.90 Å². The van der Waals surface area contributed by atoms with Gasteiger partial charge in [-0.2, -0.15) is 13.2 Å². The number of anilines is 1. The van der Waals surface area contributed by atoms with Gasteiger partial charge in [-0.1, -0.05) is 6.07 Å². The number of hydrogen-bond donors (Lipinski definition) is 2. The maximum Gasteiger partial charge on any atom is 0.440 e. The van der Waals surface area contributed by atoms with Crippen LogP contribution in [0.4, 0.5) is 23.7 Å². The third-order valence-corrected chi connectivity index (χ3v) is 3.56. The van der Waals surface area contributed by atoms with E-state index in [1.807, 2.05) is 0 Å². The van der Waals surface area contributed by atoms with Crippen molar-refractivity contribution in [1.82, 2.24) is 10.6 Å². The first-order chi connectivity index (χ1) is 10.5. The Labute approximate surface area is 129 Å². The quantitative estimate of drug-likeness (QED) is 0.812. The first kappa shape index (κ1) is 16.8. The van der Waals surface area contributed by atoms with Gasteiger partial charge in [-0.05, 0) is 37.1 Å². The number of nitrogens with zero attached hydrogens (tertiary/aromatic N) is 1. The molecule has 1 saturated heterocycles. The number of imide groups is 1. The molecule has 4 amide bonds. The average molecular weight is 329 g/mol. The molecule has 1 aliphatic rings. The molecule has 1 aromatic carbocycles. The summed E-state index contributed by atoms with van der Waals surface area (Å²) in [6.07, 6.45) is -5.19. The number of hydrogen-bond acceptors (Lipinski definition) is 3. The molecule has 1 aromatic rings. The number of aryl methyl sites for hydroxylation is 2. The van der Waals surface area contributed by atoms with Crippen molar-refractivity contribution >= 4 is 23.5 Å². The van der Waals surface area contributed by atoms with E-state index >= 15 is 0 Å². The van der Waals surface area contributed by atoms with E-state index in [9.17, 15) is 27.6 Å². The van der Waals surface area contributed by atoms with Crippen LogP contribution < -0.4 is 15.5 Å². The number of alkyl halides is 3. The molecule has 1 heterocycles. The van der Waals surface area contributed by atoms with Crippen molar-refractivity contribution in [3.63, 3.8) is 0 Å². The highest BCUT2D eigenvalue weighted by Gasteiger charge is 2.68. The number of carbonyl (C=O) groups excluding carboxylic acids is 3. The van der Waals surface area contributed by atoms with Crippen molar-refractivity contribution in [2.24, 2.45) is 0 Å².